The number of rotatable bonds is 7. The number of ether oxygens (including phenoxy) is 2. The van der Waals surface area contributed by atoms with Gasteiger partial charge >= 0.3 is 5.97 Å². The first-order chi connectivity index (χ1) is 10.7. The van der Waals surface area contributed by atoms with E-state index in [0.717, 1.165) is 11.1 Å². The normalized spacial score (nSPS) is 11.7. The first-order valence-electron chi connectivity index (χ1n) is 7.28. The molecule has 0 fully saturated rings. The summed E-state index contributed by atoms with van der Waals surface area (Å²) in [7, 11) is 0. The monoisotopic (exact) mass is 296 g/mol. The van der Waals surface area contributed by atoms with Crippen LogP contribution in [0.4, 0.5) is 0 Å². The van der Waals surface area contributed by atoms with E-state index in [0.29, 0.717) is 18.8 Å². The van der Waals surface area contributed by atoms with Gasteiger partial charge in [0.1, 0.15) is 6.10 Å². The fourth-order valence-electron chi connectivity index (χ4n) is 2.11. The maximum absolute atomic E-state index is 12.0. The lowest BCUT2D eigenvalue weighted by Crippen LogP contribution is -2.16. The highest BCUT2D eigenvalue weighted by atomic mass is 16.5. The zero-order chi connectivity index (χ0) is 15.8. The Labute approximate surface area is 131 Å². The van der Waals surface area contributed by atoms with E-state index in [1.165, 1.54) is 0 Å². The minimum absolute atomic E-state index is 0.309. The Hall–Kier alpha value is -2.39. The van der Waals surface area contributed by atoms with Gasteiger partial charge in [-0.2, -0.15) is 0 Å². The van der Waals surface area contributed by atoms with Crippen LogP contribution < -0.4 is 0 Å². The van der Waals surface area contributed by atoms with Crippen LogP contribution in [0.15, 0.2) is 72.8 Å². The zero-order valence-electron chi connectivity index (χ0n) is 12.7. The third-order valence-corrected chi connectivity index (χ3v) is 3.22. The van der Waals surface area contributed by atoms with E-state index in [2.05, 4.69) is 6.58 Å². The number of hydrogen-bond donors (Lipinski definition) is 0. The van der Waals surface area contributed by atoms with Crippen LogP contribution in [0.5, 0.6) is 0 Å². The topological polar surface area (TPSA) is 35.5 Å². The molecule has 0 spiro atoms. The third kappa shape index (κ3) is 4.30. The molecular formula is C19H20O3. The third-order valence-electron chi connectivity index (χ3n) is 3.22. The molecule has 2 rings (SSSR count). The molecule has 1 atom stereocenters. The maximum atomic E-state index is 12.0. The average molecular weight is 296 g/mol. The quantitative estimate of drug-likeness (QED) is 0.571. The molecule has 0 aliphatic rings. The van der Waals surface area contributed by atoms with Crippen molar-refractivity contribution >= 4 is 5.97 Å². The van der Waals surface area contributed by atoms with Crippen LogP contribution in [0.1, 0.15) is 24.2 Å². The Kier molecular flexibility index (Phi) is 5.92. The van der Waals surface area contributed by atoms with Gasteiger partial charge in [-0.15, -0.1) is 0 Å². The van der Waals surface area contributed by atoms with E-state index in [1.54, 1.807) is 6.92 Å². The highest BCUT2D eigenvalue weighted by Gasteiger charge is 2.22. The van der Waals surface area contributed by atoms with Crippen molar-refractivity contribution in [3.05, 3.63) is 83.9 Å². The molecule has 0 heterocycles. The minimum Gasteiger partial charge on any atom is -0.463 e. The van der Waals surface area contributed by atoms with Gasteiger partial charge in [-0.1, -0.05) is 67.2 Å². The van der Waals surface area contributed by atoms with Gasteiger partial charge in [-0.3, -0.25) is 0 Å². The lowest BCUT2D eigenvalue weighted by Gasteiger charge is -2.20. The zero-order valence-corrected chi connectivity index (χ0v) is 12.7. The van der Waals surface area contributed by atoms with Crippen molar-refractivity contribution in [3.8, 4) is 0 Å². The molecule has 0 amide bonds. The van der Waals surface area contributed by atoms with Crippen LogP contribution in [0, 0.1) is 0 Å². The van der Waals surface area contributed by atoms with Gasteiger partial charge in [0.05, 0.1) is 18.8 Å². The van der Waals surface area contributed by atoms with Gasteiger partial charge in [0.2, 0.25) is 0 Å². The Morgan fingerprint density at radius 2 is 1.64 bits per heavy atom. The lowest BCUT2D eigenvalue weighted by molar-refractivity contribution is -0.140. The highest BCUT2D eigenvalue weighted by molar-refractivity contribution is 5.89. The summed E-state index contributed by atoms with van der Waals surface area (Å²) < 4.78 is 11.0. The molecule has 0 bridgehead atoms. The van der Waals surface area contributed by atoms with Crippen molar-refractivity contribution in [3.63, 3.8) is 0 Å². The maximum Gasteiger partial charge on any atom is 0.336 e. The molecule has 2 aromatic rings. The van der Waals surface area contributed by atoms with E-state index in [4.69, 9.17) is 9.47 Å². The van der Waals surface area contributed by atoms with Crippen LogP contribution in [-0.2, 0) is 20.9 Å². The Morgan fingerprint density at radius 3 is 2.23 bits per heavy atom. The molecule has 2 aromatic carbocycles. The number of esters is 1. The minimum atomic E-state index is -0.513. The molecule has 3 heteroatoms. The van der Waals surface area contributed by atoms with Gasteiger partial charge in [-0.05, 0) is 18.1 Å². The predicted octanol–water partition coefficient (Wildman–Crippen LogP) is 4.06. The number of hydrogen-bond acceptors (Lipinski definition) is 3. The molecule has 0 saturated heterocycles. The molecule has 0 radical (unpaired) electrons. The van der Waals surface area contributed by atoms with Crippen molar-refractivity contribution < 1.29 is 14.3 Å². The second-order valence-corrected chi connectivity index (χ2v) is 4.83. The fourth-order valence-corrected chi connectivity index (χ4v) is 2.11. The summed E-state index contributed by atoms with van der Waals surface area (Å²) in [4.78, 5) is 12.0. The average Bonchev–Trinajstić information content (AvgIpc) is 2.57. The fraction of sp³-hybridized carbons (Fsp3) is 0.211. The van der Waals surface area contributed by atoms with Crippen LogP contribution in [0.25, 0.3) is 0 Å². The van der Waals surface area contributed by atoms with Crippen LogP contribution >= 0.6 is 0 Å². The first kappa shape index (κ1) is 16.0. The standard InChI is InChI=1S/C19H20O3/c1-3-21-19(20)15(2)18(17-12-8-5-9-13-17)22-14-16-10-6-4-7-11-16/h4-13,18H,2-3,14H2,1H3. The molecular weight excluding hydrogens is 276 g/mol. The van der Waals surface area contributed by atoms with Crippen LogP contribution in [-0.4, -0.2) is 12.6 Å². The predicted molar refractivity (Wildman–Crippen MR) is 86.2 cm³/mol. The van der Waals surface area contributed by atoms with Gasteiger partial charge in [0, 0.05) is 0 Å². The van der Waals surface area contributed by atoms with Crippen molar-refractivity contribution in [2.45, 2.75) is 19.6 Å². The van der Waals surface area contributed by atoms with Gasteiger partial charge in [0.15, 0.2) is 0 Å². The Bertz CT molecular complexity index is 605. The number of carbonyl (C=O) groups excluding carboxylic acids is 1. The lowest BCUT2D eigenvalue weighted by atomic mass is 10.0. The van der Waals surface area contributed by atoms with Crippen molar-refractivity contribution in [2.24, 2.45) is 0 Å². The molecule has 0 aliphatic carbocycles. The molecule has 0 N–H and O–H groups in total. The molecule has 0 aliphatic heterocycles. The van der Waals surface area contributed by atoms with E-state index in [-0.39, 0.29) is 0 Å². The molecule has 114 valence electrons. The second kappa shape index (κ2) is 8.15. The number of benzene rings is 2. The smallest absolute Gasteiger partial charge is 0.336 e. The SMILES string of the molecule is C=C(C(=O)OCC)C(OCc1ccccc1)c1ccccc1. The molecule has 22 heavy (non-hydrogen) atoms. The summed E-state index contributed by atoms with van der Waals surface area (Å²) in [6.45, 7) is 6.35. The van der Waals surface area contributed by atoms with E-state index < -0.39 is 12.1 Å². The van der Waals surface area contributed by atoms with Crippen LogP contribution in [0.3, 0.4) is 0 Å². The van der Waals surface area contributed by atoms with Crippen molar-refractivity contribution in [2.75, 3.05) is 6.61 Å². The molecule has 3 nitrogen and oxygen atoms in total. The molecule has 0 saturated carbocycles. The molecule has 0 aromatic heterocycles. The summed E-state index contributed by atoms with van der Waals surface area (Å²) in [6.07, 6.45) is -0.513. The van der Waals surface area contributed by atoms with Crippen molar-refractivity contribution in [1.29, 1.82) is 0 Å². The van der Waals surface area contributed by atoms with E-state index in [9.17, 15) is 4.79 Å². The summed E-state index contributed by atoms with van der Waals surface area (Å²) in [6, 6.07) is 19.4. The first-order valence-corrected chi connectivity index (χ1v) is 7.28. The van der Waals surface area contributed by atoms with E-state index >= 15 is 0 Å². The summed E-state index contributed by atoms with van der Waals surface area (Å²) in [5.41, 5.74) is 2.24. The second-order valence-electron chi connectivity index (χ2n) is 4.83. The van der Waals surface area contributed by atoms with Crippen molar-refractivity contribution in [1.82, 2.24) is 0 Å². The highest BCUT2D eigenvalue weighted by Crippen LogP contribution is 2.26. The Morgan fingerprint density at radius 1 is 1.05 bits per heavy atom. The largest absolute Gasteiger partial charge is 0.463 e. The van der Waals surface area contributed by atoms with Gasteiger partial charge in [0.25, 0.3) is 0 Å². The summed E-state index contributed by atoms with van der Waals surface area (Å²) in [5.74, 6) is -0.426. The van der Waals surface area contributed by atoms with Gasteiger partial charge < -0.3 is 9.47 Å². The van der Waals surface area contributed by atoms with Crippen LogP contribution in [0.2, 0.25) is 0 Å². The Balaban J connectivity index is 2.15. The summed E-state index contributed by atoms with van der Waals surface area (Å²) >= 11 is 0. The van der Waals surface area contributed by atoms with E-state index in [1.807, 2.05) is 60.7 Å². The number of carbonyl (C=O) groups is 1. The molecule has 1 unspecified atom stereocenters. The van der Waals surface area contributed by atoms with Gasteiger partial charge in [-0.25, -0.2) is 4.79 Å². The summed E-state index contributed by atoms with van der Waals surface area (Å²) in [5, 5.41) is 0.